The van der Waals surface area contributed by atoms with Crippen LogP contribution in [-0.2, 0) is 0 Å². The molecule has 0 unspecified atom stereocenters. The molecule has 3 nitrogen and oxygen atoms in total. The van der Waals surface area contributed by atoms with Gasteiger partial charge in [-0.1, -0.05) is 0 Å². The molecule has 0 radical (unpaired) electrons. The molecule has 1 aromatic rings. The number of methoxy groups -OCH3 is 2. The minimum Gasteiger partial charge on any atom is -0.491 e. The number of pyridine rings is 1. The van der Waals surface area contributed by atoms with Crippen molar-refractivity contribution >= 4 is 0 Å². The van der Waals surface area contributed by atoms with Gasteiger partial charge in [0, 0.05) is 11.8 Å². The van der Waals surface area contributed by atoms with Crippen LogP contribution in [0.5, 0.6) is 11.6 Å². The van der Waals surface area contributed by atoms with Gasteiger partial charge in [-0.05, 0) is 6.07 Å². The molecule has 1 aromatic heterocycles. The summed E-state index contributed by atoms with van der Waals surface area (Å²) in [7, 11) is 2.77. The van der Waals surface area contributed by atoms with Crippen LogP contribution in [0.1, 0.15) is 12.0 Å². The Morgan fingerprint density at radius 3 is 2.46 bits per heavy atom. The third-order valence-electron chi connectivity index (χ3n) is 1.50. The lowest BCUT2D eigenvalue weighted by molar-refractivity contribution is 0.150. The van der Waals surface area contributed by atoms with E-state index in [1.54, 1.807) is 0 Å². The summed E-state index contributed by atoms with van der Waals surface area (Å²) in [5, 5.41) is 0. The lowest BCUT2D eigenvalue weighted by Crippen LogP contribution is -1.95. The Morgan fingerprint density at radius 2 is 2.00 bits per heavy atom. The van der Waals surface area contributed by atoms with Crippen LogP contribution in [0.3, 0.4) is 0 Å². The summed E-state index contributed by atoms with van der Waals surface area (Å²) < 4.78 is 34.0. The predicted molar refractivity (Wildman–Crippen MR) is 42.3 cm³/mol. The van der Waals surface area contributed by atoms with Crippen molar-refractivity contribution in [3.63, 3.8) is 0 Å². The van der Waals surface area contributed by atoms with Crippen molar-refractivity contribution in [3.8, 4) is 11.6 Å². The fourth-order valence-electron chi connectivity index (χ4n) is 0.866. The van der Waals surface area contributed by atoms with Crippen LogP contribution in [0, 0.1) is 0 Å². The first-order valence-electron chi connectivity index (χ1n) is 3.55. The summed E-state index contributed by atoms with van der Waals surface area (Å²) in [5.41, 5.74) is -0.183. The van der Waals surface area contributed by atoms with Crippen LogP contribution in [-0.4, -0.2) is 19.2 Å². The van der Waals surface area contributed by atoms with Gasteiger partial charge in [0.15, 0.2) is 5.75 Å². The largest absolute Gasteiger partial charge is 0.491 e. The molecule has 0 aliphatic rings. The Labute approximate surface area is 74.3 Å². The van der Waals surface area contributed by atoms with Gasteiger partial charge < -0.3 is 9.47 Å². The Balaban J connectivity index is 3.05. The highest BCUT2D eigenvalue weighted by Gasteiger charge is 2.12. The lowest BCUT2D eigenvalue weighted by Gasteiger charge is -2.07. The zero-order valence-corrected chi connectivity index (χ0v) is 7.25. The van der Waals surface area contributed by atoms with E-state index in [0.29, 0.717) is 0 Å². The lowest BCUT2D eigenvalue weighted by atomic mass is 10.3. The molecule has 0 N–H and O–H groups in total. The Morgan fingerprint density at radius 1 is 1.31 bits per heavy atom. The quantitative estimate of drug-likeness (QED) is 0.729. The van der Waals surface area contributed by atoms with Crippen LogP contribution in [0.15, 0.2) is 12.3 Å². The molecular formula is C8H9F2NO2. The fraction of sp³-hybridized carbons (Fsp3) is 0.375. The summed E-state index contributed by atoms with van der Waals surface area (Å²) >= 11 is 0. The molecular weight excluding hydrogens is 180 g/mol. The average Bonchev–Trinajstić information content (AvgIpc) is 2.16. The zero-order chi connectivity index (χ0) is 9.84. The number of aromatic nitrogens is 1. The van der Waals surface area contributed by atoms with Gasteiger partial charge in [0.1, 0.15) is 0 Å². The molecule has 0 aliphatic heterocycles. The zero-order valence-electron chi connectivity index (χ0n) is 7.25. The van der Waals surface area contributed by atoms with E-state index in [-0.39, 0.29) is 17.2 Å². The molecule has 0 saturated heterocycles. The first-order valence-corrected chi connectivity index (χ1v) is 3.55. The second-order valence-electron chi connectivity index (χ2n) is 2.28. The Hall–Kier alpha value is -1.39. The number of rotatable bonds is 3. The number of alkyl halides is 2. The maximum absolute atomic E-state index is 12.2. The fourth-order valence-corrected chi connectivity index (χ4v) is 0.866. The average molecular weight is 189 g/mol. The molecule has 13 heavy (non-hydrogen) atoms. The van der Waals surface area contributed by atoms with Crippen LogP contribution < -0.4 is 9.47 Å². The van der Waals surface area contributed by atoms with Gasteiger partial charge in [-0.2, -0.15) is 0 Å². The van der Waals surface area contributed by atoms with Crippen LogP contribution in [0.2, 0.25) is 0 Å². The highest BCUT2D eigenvalue weighted by atomic mass is 19.3. The molecule has 5 heteroatoms. The number of hydrogen-bond acceptors (Lipinski definition) is 3. The molecule has 0 fully saturated rings. The topological polar surface area (TPSA) is 31.4 Å². The molecule has 1 heterocycles. The summed E-state index contributed by atoms with van der Waals surface area (Å²) in [6, 6.07) is 1.20. The third-order valence-corrected chi connectivity index (χ3v) is 1.50. The van der Waals surface area contributed by atoms with Crippen molar-refractivity contribution in [3.05, 3.63) is 17.8 Å². The van der Waals surface area contributed by atoms with E-state index in [0.717, 1.165) is 6.20 Å². The summed E-state index contributed by atoms with van der Waals surface area (Å²) in [6.45, 7) is 0. The molecule has 0 amide bonds. The van der Waals surface area contributed by atoms with E-state index >= 15 is 0 Å². The third kappa shape index (κ3) is 2.05. The molecule has 72 valence electrons. The normalized spacial score (nSPS) is 10.2. The molecule has 1 rings (SSSR count). The second-order valence-corrected chi connectivity index (χ2v) is 2.28. The van der Waals surface area contributed by atoms with Crippen molar-refractivity contribution in [1.29, 1.82) is 0 Å². The summed E-state index contributed by atoms with van der Waals surface area (Å²) in [6.07, 6.45) is -1.49. The molecule has 0 aromatic carbocycles. The van der Waals surface area contributed by atoms with Crippen LogP contribution >= 0.6 is 0 Å². The van der Waals surface area contributed by atoms with Gasteiger partial charge in [0.05, 0.1) is 14.2 Å². The first-order chi connectivity index (χ1) is 6.19. The molecule has 0 atom stereocenters. The maximum Gasteiger partial charge on any atom is 0.265 e. The van der Waals surface area contributed by atoms with Gasteiger partial charge in [-0.3, -0.25) is 0 Å². The van der Waals surface area contributed by atoms with Gasteiger partial charge in [-0.25, -0.2) is 13.8 Å². The number of nitrogens with zero attached hydrogens (tertiary/aromatic N) is 1. The summed E-state index contributed by atoms with van der Waals surface area (Å²) in [5.74, 6) is 0.409. The van der Waals surface area contributed by atoms with Crippen LogP contribution in [0.25, 0.3) is 0 Å². The summed E-state index contributed by atoms with van der Waals surface area (Å²) in [4.78, 5) is 3.66. The van der Waals surface area contributed by atoms with E-state index in [1.165, 1.54) is 20.3 Å². The smallest absolute Gasteiger partial charge is 0.265 e. The number of hydrogen-bond donors (Lipinski definition) is 0. The highest BCUT2D eigenvalue weighted by Crippen LogP contribution is 2.28. The molecule has 0 saturated carbocycles. The van der Waals surface area contributed by atoms with E-state index in [2.05, 4.69) is 4.98 Å². The SMILES string of the molecule is COc1cc(C(F)F)cnc1OC. The van der Waals surface area contributed by atoms with E-state index < -0.39 is 6.43 Å². The molecule has 0 aliphatic carbocycles. The highest BCUT2D eigenvalue weighted by molar-refractivity contribution is 5.36. The van der Waals surface area contributed by atoms with Gasteiger partial charge in [-0.15, -0.1) is 0 Å². The standard InChI is InChI=1S/C8H9F2NO2/c1-12-6-3-5(7(9)10)4-11-8(6)13-2/h3-4,7H,1-2H3. The van der Waals surface area contributed by atoms with Gasteiger partial charge in [0.2, 0.25) is 0 Å². The molecule has 0 bridgehead atoms. The minimum atomic E-state index is -2.55. The van der Waals surface area contributed by atoms with Gasteiger partial charge >= 0.3 is 0 Å². The van der Waals surface area contributed by atoms with Crippen molar-refractivity contribution in [1.82, 2.24) is 4.98 Å². The van der Waals surface area contributed by atoms with E-state index in [1.807, 2.05) is 0 Å². The Kier molecular flexibility index (Phi) is 3.00. The molecule has 0 spiro atoms. The van der Waals surface area contributed by atoms with Gasteiger partial charge in [0.25, 0.3) is 12.3 Å². The Bertz CT molecular complexity index is 291. The number of halogens is 2. The first kappa shape index (κ1) is 9.70. The van der Waals surface area contributed by atoms with Crippen molar-refractivity contribution in [2.75, 3.05) is 14.2 Å². The van der Waals surface area contributed by atoms with Crippen molar-refractivity contribution in [2.24, 2.45) is 0 Å². The van der Waals surface area contributed by atoms with Crippen molar-refractivity contribution in [2.45, 2.75) is 6.43 Å². The number of ether oxygens (including phenoxy) is 2. The maximum atomic E-state index is 12.2. The van der Waals surface area contributed by atoms with Crippen LogP contribution in [0.4, 0.5) is 8.78 Å². The predicted octanol–water partition coefficient (Wildman–Crippen LogP) is 2.04. The van der Waals surface area contributed by atoms with E-state index in [4.69, 9.17) is 9.47 Å². The van der Waals surface area contributed by atoms with Crippen molar-refractivity contribution < 1.29 is 18.3 Å². The minimum absolute atomic E-state index is 0.183. The monoisotopic (exact) mass is 189 g/mol. The van der Waals surface area contributed by atoms with E-state index in [9.17, 15) is 8.78 Å². The second kappa shape index (κ2) is 4.02.